The maximum atomic E-state index is 13.9. The Morgan fingerprint density at radius 1 is 1.16 bits per heavy atom. The highest BCUT2D eigenvalue weighted by Crippen LogP contribution is 2.23. The van der Waals surface area contributed by atoms with Crippen molar-refractivity contribution in [3.63, 3.8) is 0 Å². The number of hydrogen-bond donors (Lipinski definition) is 1. The number of pyridine rings is 2. The molecule has 0 spiro atoms. The van der Waals surface area contributed by atoms with Gasteiger partial charge in [-0.25, -0.2) is 14.4 Å². The molecule has 1 aliphatic rings. The molecule has 8 heteroatoms. The van der Waals surface area contributed by atoms with Crippen LogP contribution in [0.5, 0.6) is 0 Å². The van der Waals surface area contributed by atoms with Crippen LogP contribution >= 0.6 is 0 Å². The highest BCUT2D eigenvalue weighted by atomic mass is 19.1. The molecule has 1 fully saturated rings. The summed E-state index contributed by atoms with van der Waals surface area (Å²) in [5.74, 6) is 1.10. The lowest BCUT2D eigenvalue weighted by atomic mass is 10.1. The van der Waals surface area contributed by atoms with E-state index in [2.05, 4.69) is 15.3 Å². The summed E-state index contributed by atoms with van der Waals surface area (Å²) in [5.41, 5.74) is 1.33. The largest absolute Gasteiger partial charge is 0.368 e. The first-order valence-corrected chi connectivity index (χ1v) is 10.5. The zero-order chi connectivity index (χ0) is 22.3. The summed E-state index contributed by atoms with van der Waals surface area (Å²) in [4.78, 5) is 25.4. The number of carbonyl (C=O) groups excluding carboxylic acids is 1. The molecule has 1 saturated heterocycles. The summed E-state index contributed by atoms with van der Waals surface area (Å²) in [7, 11) is 1.82. The molecule has 1 aliphatic heterocycles. The van der Waals surface area contributed by atoms with Crippen LogP contribution in [0.2, 0.25) is 0 Å². The summed E-state index contributed by atoms with van der Waals surface area (Å²) >= 11 is 0. The third kappa shape index (κ3) is 5.66. The molecule has 3 heterocycles. The van der Waals surface area contributed by atoms with Gasteiger partial charge < -0.3 is 15.0 Å². The van der Waals surface area contributed by atoms with Crippen LogP contribution in [0.1, 0.15) is 17.4 Å². The molecule has 0 saturated carbocycles. The van der Waals surface area contributed by atoms with Crippen molar-refractivity contribution in [1.82, 2.24) is 19.8 Å². The van der Waals surface area contributed by atoms with Gasteiger partial charge in [0.15, 0.2) is 0 Å². The molecule has 0 radical (unpaired) electrons. The Bertz CT molecular complexity index is 1050. The molecule has 1 aromatic carbocycles. The normalized spacial score (nSPS) is 16.2. The fourth-order valence-corrected chi connectivity index (χ4v) is 3.63. The molecule has 7 nitrogen and oxygen atoms in total. The maximum Gasteiger partial charge on any atom is 0.236 e. The molecule has 32 heavy (non-hydrogen) atoms. The van der Waals surface area contributed by atoms with E-state index >= 15 is 0 Å². The van der Waals surface area contributed by atoms with Gasteiger partial charge in [0.1, 0.15) is 23.6 Å². The van der Waals surface area contributed by atoms with E-state index in [1.54, 1.807) is 29.3 Å². The Balaban J connectivity index is 1.36. The fourth-order valence-electron chi connectivity index (χ4n) is 3.63. The topological polar surface area (TPSA) is 70.6 Å². The summed E-state index contributed by atoms with van der Waals surface area (Å²) in [6.07, 6.45) is 1.40. The van der Waals surface area contributed by atoms with Crippen LogP contribution in [-0.2, 0) is 16.1 Å². The molecule has 1 N–H and O–H groups in total. The van der Waals surface area contributed by atoms with E-state index in [0.29, 0.717) is 43.4 Å². The SMILES string of the molecule is CN(CC(=O)N1CCOC(c2cccc(Nc3ccccn3)n2)C1)Cc1ccccc1F. The summed E-state index contributed by atoms with van der Waals surface area (Å²) in [5, 5.41) is 3.18. The zero-order valence-corrected chi connectivity index (χ0v) is 17.9. The van der Waals surface area contributed by atoms with Crippen LogP contribution in [-0.4, -0.2) is 59.0 Å². The number of halogens is 1. The number of nitrogens with one attached hydrogen (secondary N) is 1. The molecule has 1 amide bonds. The lowest BCUT2D eigenvalue weighted by molar-refractivity contribution is -0.140. The quantitative estimate of drug-likeness (QED) is 0.614. The summed E-state index contributed by atoms with van der Waals surface area (Å²) in [6, 6.07) is 17.9. The van der Waals surface area contributed by atoms with Crippen LogP contribution < -0.4 is 5.32 Å². The van der Waals surface area contributed by atoms with Gasteiger partial charge in [-0.1, -0.05) is 30.3 Å². The first-order chi connectivity index (χ1) is 15.6. The van der Waals surface area contributed by atoms with Gasteiger partial charge in [0.25, 0.3) is 0 Å². The van der Waals surface area contributed by atoms with E-state index in [9.17, 15) is 9.18 Å². The average Bonchev–Trinajstić information content (AvgIpc) is 2.81. The van der Waals surface area contributed by atoms with Crippen molar-refractivity contribution < 1.29 is 13.9 Å². The second-order valence-corrected chi connectivity index (χ2v) is 7.75. The Morgan fingerprint density at radius 3 is 2.78 bits per heavy atom. The minimum Gasteiger partial charge on any atom is -0.368 e. The van der Waals surface area contributed by atoms with Crippen LogP contribution in [0.4, 0.5) is 16.0 Å². The zero-order valence-electron chi connectivity index (χ0n) is 17.9. The van der Waals surface area contributed by atoms with Crippen molar-refractivity contribution in [2.75, 3.05) is 38.6 Å². The smallest absolute Gasteiger partial charge is 0.236 e. The summed E-state index contributed by atoms with van der Waals surface area (Å²) < 4.78 is 19.8. The van der Waals surface area contributed by atoms with Gasteiger partial charge in [-0.2, -0.15) is 0 Å². The average molecular weight is 436 g/mol. The number of ether oxygens (including phenoxy) is 1. The molecule has 1 unspecified atom stereocenters. The van der Waals surface area contributed by atoms with Gasteiger partial charge in [-0.3, -0.25) is 9.69 Å². The number of morpholine rings is 1. The number of benzene rings is 1. The van der Waals surface area contributed by atoms with Crippen molar-refractivity contribution in [1.29, 1.82) is 0 Å². The predicted molar refractivity (Wildman–Crippen MR) is 120 cm³/mol. The summed E-state index contributed by atoms with van der Waals surface area (Å²) in [6.45, 7) is 1.96. The highest BCUT2D eigenvalue weighted by molar-refractivity contribution is 5.78. The van der Waals surface area contributed by atoms with Crippen molar-refractivity contribution in [2.45, 2.75) is 12.6 Å². The van der Waals surface area contributed by atoms with Crippen molar-refractivity contribution in [3.8, 4) is 0 Å². The van der Waals surface area contributed by atoms with Gasteiger partial charge in [0.05, 0.1) is 25.4 Å². The first kappa shape index (κ1) is 21.9. The second-order valence-electron chi connectivity index (χ2n) is 7.75. The number of amides is 1. The molecule has 4 rings (SSSR count). The predicted octanol–water partition coefficient (Wildman–Crippen LogP) is 3.39. The first-order valence-electron chi connectivity index (χ1n) is 10.5. The minimum absolute atomic E-state index is 0.0140. The minimum atomic E-state index is -0.310. The second kappa shape index (κ2) is 10.3. The van der Waals surface area contributed by atoms with Crippen LogP contribution in [0.15, 0.2) is 66.9 Å². The van der Waals surface area contributed by atoms with Crippen LogP contribution in [0.25, 0.3) is 0 Å². The molecule has 3 aromatic rings. The number of nitrogens with zero attached hydrogens (tertiary/aromatic N) is 4. The molecular weight excluding hydrogens is 409 g/mol. The molecule has 166 valence electrons. The van der Waals surface area contributed by atoms with Gasteiger partial charge in [0.2, 0.25) is 5.91 Å². The lowest BCUT2D eigenvalue weighted by Gasteiger charge is -2.33. The fraction of sp³-hybridized carbons (Fsp3) is 0.292. The number of likely N-dealkylation sites (N-methyl/N-ethyl adjacent to an activating group) is 1. The number of aromatic nitrogens is 2. The van der Waals surface area contributed by atoms with E-state index in [0.717, 1.165) is 5.69 Å². The third-order valence-electron chi connectivity index (χ3n) is 5.24. The number of rotatable bonds is 7. The van der Waals surface area contributed by atoms with Crippen molar-refractivity contribution in [2.24, 2.45) is 0 Å². The Kier molecular flexibility index (Phi) is 7.03. The van der Waals surface area contributed by atoms with Crippen molar-refractivity contribution in [3.05, 3.63) is 83.9 Å². The lowest BCUT2D eigenvalue weighted by Crippen LogP contribution is -2.46. The Labute approximate surface area is 186 Å². The molecular formula is C24H26FN5O2. The van der Waals surface area contributed by atoms with Crippen LogP contribution in [0.3, 0.4) is 0 Å². The van der Waals surface area contributed by atoms with E-state index in [-0.39, 0.29) is 24.4 Å². The van der Waals surface area contributed by atoms with Gasteiger partial charge in [-0.05, 0) is 37.4 Å². The molecule has 0 aliphatic carbocycles. The molecule has 0 bridgehead atoms. The number of carbonyl (C=O) groups is 1. The molecule has 1 atom stereocenters. The van der Waals surface area contributed by atoms with Gasteiger partial charge in [-0.15, -0.1) is 0 Å². The maximum absolute atomic E-state index is 13.9. The van der Waals surface area contributed by atoms with E-state index in [4.69, 9.17) is 4.74 Å². The van der Waals surface area contributed by atoms with E-state index < -0.39 is 0 Å². The number of hydrogen-bond acceptors (Lipinski definition) is 6. The third-order valence-corrected chi connectivity index (χ3v) is 5.24. The number of anilines is 2. The monoisotopic (exact) mass is 435 g/mol. The van der Waals surface area contributed by atoms with E-state index in [1.807, 2.05) is 48.3 Å². The van der Waals surface area contributed by atoms with Gasteiger partial charge in [0, 0.05) is 24.8 Å². The standard InChI is InChI=1S/C24H26FN5O2/c1-29(15-18-7-2-3-8-19(18)25)17-24(31)30-13-14-32-21(16-30)20-9-6-11-23(27-20)28-22-10-4-5-12-26-22/h2-12,21H,13-17H2,1H3,(H,26,27,28). The van der Waals surface area contributed by atoms with Gasteiger partial charge >= 0.3 is 0 Å². The Hall–Kier alpha value is -3.36. The molecule has 2 aromatic heterocycles. The Morgan fingerprint density at radius 2 is 1.97 bits per heavy atom. The van der Waals surface area contributed by atoms with Crippen molar-refractivity contribution >= 4 is 17.5 Å². The van der Waals surface area contributed by atoms with Crippen LogP contribution in [0, 0.1) is 5.82 Å². The highest BCUT2D eigenvalue weighted by Gasteiger charge is 2.27. The van der Waals surface area contributed by atoms with E-state index in [1.165, 1.54) is 6.07 Å².